The molecular weight excluding hydrogens is 354 g/mol. The molecule has 1 aromatic heterocycles. The van der Waals surface area contributed by atoms with Crippen molar-refractivity contribution in [2.75, 3.05) is 27.3 Å². The number of rotatable bonds is 6. The number of aromatic nitrogens is 2. The number of ether oxygens (including phenoxy) is 2. The standard InChI is InChI=1S/C22H29N3O3/c1-15-12-23-21(17-5-4-6-17)25(15)14-16-9-10-24(13-16)22(26)19-8-7-18(27-2)11-20(19)28-3/h7-8,11-12,16-17H,4-6,9-10,13-14H2,1-3H3. The maximum Gasteiger partial charge on any atom is 0.257 e. The summed E-state index contributed by atoms with van der Waals surface area (Å²) in [6.07, 6.45) is 6.83. The normalized spacial score (nSPS) is 19.5. The molecule has 1 unspecified atom stereocenters. The number of likely N-dealkylation sites (tertiary alicyclic amines) is 1. The molecule has 2 fully saturated rings. The first kappa shape index (κ1) is 18.8. The molecule has 1 saturated carbocycles. The molecule has 1 saturated heterocycles. The van der Waals surface area contributed by atoms with E-state index in [0.717, 1.165) is 26.1 Å². The van der Waals surface area contributed by atoms with E-state index in [1.807, 2.05) is 17.2 Å². The minimum atomic E-state index is 0.0311. The lowest BCUT2D eigenvalue weighted by Gasteiger charge is -2.27. The lowest BCUT2D eigenvalue weighted by Crippen LogP contribution is -2.30. The van der Waals surface area contributed by atoms with Crippen molar-refractivity contribution in [3.8, 4) is 11.5 Å². The minimum Gasteiger partial charge on any atom is -0.497 e. The zero-order valence-electron chi connectivity index (χ0n) is 17.0. The van der Waals surface area contributed by atoms with Crippen molar-refractivity contribution in [2.24, 2.45) is 5.92 Å². The highest BCUT2D eigenvalue weighted by atomic mass is 16.5. The Hall–Kier alpha value is -2.50. The van der Waals surface area contributed by atoms with E-state index in [4.69, 9.17) is 9.47 Å². The van der Waals surface area contributed by atoms with E-state index < -0.39 is 0 Å². The summed E-state index contributed by atoms with van der Waals surface area (Å²) in [4.78, 5) is 19.7. The van der Waals surface area contributed by atoms with Gasteiger partial charge in [-0.25, -0.2) is 4.98 Å². The first-order valence-electron chi connectivity index (χ1n) is 10.1. The van der Waals surface area contributed by atoms with Crippen molar-refractivity contribution < 1.29 is 14.3 Å². The maximum absolute atomic E-state index is 13.1. The molecule has 1 aliphatic carbocycles. The topological polar surface area (TPSA) is 56.6 Å². The van der Waals surface area contributed by atoms with Crippen LogP contribution in [-0.4, -0.2) is 47.7 Å². The van der Waals surface area contributed by atoms with Gasteiger partial charge in [0, 0.05) is 43.5 Å². The van der Waals surface area contributed by atoms with E-state index in [1.54, 1.807) is 26.4 Å². The van der Waals surface area contributed by atoms with Crippen LogP contribution in [0.3, 0.4) is 0 Å². The second-order valence-corrected chi connectivity index (χ2v) is 7.97. The molecule has 28 heavy (non-hydrogen) atoms. The van der Waals surface area contributed by atoms with Gasteiger partial charge in [0.05, 0.1) is 19.8 Å². The largest absolute Gasteiger partial charge is 0.497 e. The molecule has 1 aliphatic heterocycles. The molecule has 0 bridgehead atoms. The van der Waals surface area contributed by atoms with Crippen LogP contribution in [0, 0.1) is 12.8 Å². The highest BCUT2D eigenvalue weighted by molar-refractivity contribution is 5.97. The van der Waals surface area contributed by atoms with E-state index in [0.29, 0.717) is 28.9 Å². The molecule has 0 radical (unpaired) electrons. The Morgan fingerprint density at radius 3 is 2.71 bits per heavy atom. The fraction of sp³-hybridized carbons (Fsp3) is 0.545. The zero-order chi connectivity index (χ0) is 19.7. The number of nitrogens with zero attached hydrogens (tertiary/aromatic N) is 3. The number of amides is 1. The predicted octanol–water partition coefficient (Wildman–Crippen LogP) is 3.64. The third-order valence-electron chi connectivity index (χ3n) is 6.21. The predicted molar refractivity (Wildman–Crippen MR) is 107 cm³/mol. The summed E-state index contributed by atoms with van der Waals surface area (Å²) in [5, 5.41) is 0. The Labute approximate surface area is 166 Å². The molecule has 0 spiro atoms. The average molecular weight is 383 g/mol. The van der Waals surface area contributed by atoms with E-state index in [9.17, 15) is 4.79 Å². The minimum absolute atomic E-state index is 0.0311. The Balaban J connectivity index is 1.45. The fourth-order valence-electron chi connectivity index (χ4n) is 4.28. The van der Waals surface area contributed by atoms with Crippen molar-refractivity contribution in [2.45, 2.75) is 45.1 Å². The number of hydrogen-bond donors (Lipinski definition) is 0. The van der Waals surface area contributed by atoms with Crippen molar-refractivity contribution in [1.29, 1.82) is 0 Å². The number of hydrogen-bond acceptors (Lipinski definition) is 4. The smallest absolute Gasteiger partial charge is 0.257 e. The Kier molecular flexibility index (Phi) is 5.29. The molecule has 6 heteroatoms. The maximum atomic E-state index is 13.1. The van der Waals surface area contributed by atoms with Gasteiger partial charge in [0.25, 0.3) is 5.91 Å². The van der Waals surface area contributed by atoms with Crippen LogP contribution in [-0.2, 0) is 6.54 Å². The van der Waals surface area contributed by atoms with E-state index in [1.165, 1.54) is 30.8 Å². The van der Waals surface area contributed by atoms with Gasteiger partial charge in [0.1, 0.15) is 17.3 Å². The highest BCUT2D eigenvalue weighted by Gasteiger charge is 2.31. The van der Waals surface area contributed by atoms with Gasteiger partial charge in [-0.05, 0) is 44.2 Å². The molecule has 4 rings (SSSR count). The lowest BCUT2D eigenvalue weighted by molar-refractivity contribution is 0.0782. The molecule has 1 aromatic carbocycles. The Morgan fingerprint density at radius 1 is 1.21 bits per heavy atom. The first-order chi connectivity index (χ1) is 13.6. The highest BCUT2D eigenvalue weighted by Crippen LogP contribution is 2.36. The first-order valence-corrected chi connectivity index (χ1v) is 10.1. The number of methoxy groups -OCH3 is 2. The third kappa shape index (κ3) is 3.48. The van der Waals surface area contributed by atoms with Gasteiger partial charge in [-0.3, -0.25) is 4.79 Å². The monoisotopic (exact) mass is 383 g/mol. The molecule has 1 atom stereocenters. The summed E-state index contributed by atoms with van der Waals surface area (Å²) in [6, 6.07) is 5.37. The summed E-state index contributed by atoms with van der Waals surface area (Å²) in [5.41, 5.74) is 1.82. The van der Waals surface area contributed by atoms with Gasteiger partial charge < -0.3 is 18.9 Å². The number of imidazole rings is 1. The summed E-state index contributed by atoms with van der Waals surface area (Å²) in [6.45, 7) is 4.64. The lowest BCUT2D eigenvalue weighted by atomic mass is 9.84. The van der Waals surface area contributed by atoms with Gasteiger partial charge in [-0.2, -0.15) is 0 Å². The van der Waals surface area contributed by atoms with Crippen LogP contribution in [0.25, 0.3) is 0 Å². The summed E-state index contributed by atoms with van der Waals surface area (Å²) < 4.78 is 13.0. The average Bonchev–Trinajstić information content (AvgIpc) is 3.28. The second kappa shape index (κ2) is 7.86. The van der Waals surface area contributed by atoms with Crippen LogP contribution in [0.5, 0.6) is 11.5 Å². The molecule has 2 aliphatic rings. The van der Waals surface area contributed by atoms with Crippen molar-refractivity contribution in [1.82, 2.24) is 14.5 Å². The van der Waals surface area contributed by atoms with E-state index in [2.05, 4.69) is 16.5 Å². The van der Waals surface area contributed by atoms with Crippen LogP contribution in [0.4, 0.5) is 0 Å². The summed E-state index contributed by atoms with van der Waals surface area (Å²) in [7, 11) is 3.19. The Bertz CT molecular complexity index is 857. The van der Waals surface area contributed by atoms with Gasteiger partial charge in [0.2, 0.25) is 0 Å². The molecule has 2 aromatic rings. The van der Waals surface area contributed by atoms with Crippen LogP contribution >= 0.6 is 0 Å². The molecule has 6 nitrogen and oxygen atoms in total. The van der Waals surface area contributed by atoms with Gasteiger partial charge in [0.15, 0.2) is 0 Å². The van der Waals surface area contributed by atoms with E-state index in [-0.39, 0.29) is 5.91 Å². The van der Waals surface area contributed by atoms with Crippen LogP contribution in [0.2, 0.25) is 0 Å². The second-order valence-electron chi connectivity index (χ2n) is 7.97. The van der Waals surface area contributed by atoms with Crippen LogP contribution in [0.1, 0.15) is 53.5 Å². The SMILES string of the molecule is COc1ccc(C(=O)N2CCC(Cn3c(C)cnc3C3CCC3)C2)c(OC)c1. The van der Waals surface area contributed by atoms with Crippen molar-refractivity contribution in [3.63, 3.8) is 0 Å². The molecule has 2 heterocycles. The summed E-state index contributed by atoms with van der Waals surface area (Å²) in [5.74, 6) is 3.60. The van der Waals surface area contributed by atoms with Crippen LogP contribution < -0.4 is 9.47 Å². The quantitative estimate of drug-likeness (QED) is 0.764. The third-order valence-corrected chi connectivity index (χ3v) is 6.21. The van der Waals surface area contributed by atoms with Gasteiger partial charge in [-0.1, -0.05) is 6.42 Å². The van der Waals surface area contributed by atoms with E-state index >= 15 is 0 Å². The van der Waals surface area contributed by atoms with Crippen LogP contribution in [0.15, 0.2) is 24.4 Å². The Morgan fingerprint density at radius 2 is 2.04 bits per heavy atom. The zero-order valence-corrected chi connectivity index (χ0v) is 17.0. The molecule has 0 N–H and O–H groups in total. The van der Waals surface area contributed by atoms with Crippen molar-refractivity contribution in [3.05, 3.63) is 41.5 Å². The molecular formula is C22H29N3O3. The number of carbonyl (C=O) groups is 1. The number of benzene rings is 1. The summed E-state index contributed by atoms with van der Waals surface area (Å²) >= 11 is 0. The van der Waals surface area contributed by atoms with Gasteiger partial charge >= 0.3 is 0 Å². The van der Waals surface area contributed by atoms with Crippen molar-refractivity contribution >= 4 is 5.91 Å². The molecule has 1 amide bonds. The number of carbonyl (C=O) groups excluding carboxylic acids is 1. The number of aryl methyl sites for hydroxylation is 1. The molecule has 150 valence electrons. The fourth-order valence-corrected chi connectivity index (χ4v) is 4.28. The van der Waals surface area contributed by atoms with Gasteiger partial charge in [-0.15, -0.1) is 0 Å².